The highest BCUT2D eigenvalue weighted by Gasteiger charge is 2.25. The summed E-state index contributed by atoms with van der Waals surface area (Å²) in [5.74, 6) is 1.18. The molecular weight excluding hydrogens is 180 g/mol. The minimum atomic E-state index is 0.202. The summed E-state index contributed by atoms with van der Waals surface area (Å²) in [6.07, 6.45) is 8.70. The zero-order chi connectivity index (χ0) is 12.1. The van der Waals surface area contributed by atoms with E-state index in [0.717, 1.165) is 0 Å². The van der Waals surface area contributed by atoms with Crippen molar-refractivity contribution in [1.29, 1.82) is 0 Å². The van der Waals surface area contributed by atoms with Crippen LogP contribution in [-0.4, -0.2) is 0 Å². The molecule has 0 aliphatic heterocycles. The average molecular weight is 206 g/mol. The fraction of sp³-hybridized carbons (Fsp3) is 0.600. The third-order valence-electron chi connectivity index (χ3n) is 3.61. The van der Waals surface area contributed by atoms with Gasteiger partial charge in [-0.25, -0.2) is 0 Å². The Kier molecular flexibility index (Phi) is 5.64. The lowest BCUT2D eigenvalue weighted by Gasteiger charge is -2.31. The van der Waals surface area contributed by atoms with Gasteiger partial charge in [-0.05, 0) is 31.1 Å². The Balaban J connectivity index is 4.53. The van der Waals surface area contributed by atoms with Gasteiger partial charge in [-0.2, -0.15) is 0 Å². The summed E-state index contributed by atoms with van der Waals surface area (Å²) in [6, 6.07) is 0. The molecule has 0 aliphatic carbocycles. The number of hydrogen-bond donors (Lipinski definition) is 0. The standard InChI is InChI=1S/C15H26/c1-8-12(3)10-11-13(4)14(5)15(6,7)9-2/h8-11,13-14H,2H2,1,3-7H3/b11-10-,12-8-. The Hall–Kier alpha value is -0.780. The molecule has 0 aromatic heterocycles. The summed E-state index contributed by atoms with van der Waals surface area (Å²) >= 11 is 0. The molecule has 0 fully saturated rings. The van der Waals surface area contributed by atoms with E-state index in [1.165, 1.54) is 5.57 Å². The minimum Gasteiger partial charge on any atom is -0.103 e. The lowest BCUT2D eigenvalue weighted by Crippen LogP contribution is -2.23. The van der Waals surface area contributed by atoms with E-state index >= 15 is 0 Å². The molecule has 0 aromatic carbocycles. The van der Waals surface area contributed by atoms with Gasteiger partial charge >= 0.3 is 0 Å². The molecule has 0 aliphatic rings. The summed E-state index contributed by atoms with van der Waals surface area (Å²) in [6.45, 7) is 17.2. The quantitative estimate of drug-likeness (QED) is 0.439. The van der Waals surface area contributed by atoms with Gasteiger partial charge < -0.3 is 0 Å². The van der Waals surface area contributed by atoms with Crippen molar-refractivity contribution in [2.75, 3.05) is 0 Å². The van der Waals surface area contributed by atoms with Crippen LogP contribution in [0.1, 0.15) is 41.5 Å². The van der Waals surface area contributed by atoms with E-state index in [0.29, 0.717) is 11.8 Å². The molecular formula is C15H26. The second-order valence-corrected chi connectivity index (χ2v) is 5.07. The number of rotatable bonds is 5. The van der Waals surface area contributed by atoms with Crippen molar-refractivity contribution in [2.45, 2.75) is 41.5 Å². The Bertz CT molecular complexity index is 253. The topological polar surface area (TPSA) is 0 Å². The molecule has 0 saturated carbocycles. The lowest BCUT2D eigenvalue weighted by molar-refractivity contribution is 0.253. The molecule has 0 heterocycles. The van der Waals surface area contributed by atoms with Crippen molar-refractivity contribution in [3.8, 4) is 0 Å². The maximum atomic E-state index is 3.91. The Morgan fingerprint density at radius 2 is 1.80 bits per heavy atom. The second kappa shape index (κ2) is 5.95. The van der Waals surface area contributed by atoms with Crippen molar-refractivity contribution in [3.63, 3.8) is 0 Å². The Labute approximate surface area is 95.8 Å². The third kappa shape index (κ3) is 4.51. The Morgan fingerprint density at radius 3 is 2.20 bits per heavy atom. The van der Waals surface area contributed by atoms with E-state index in [-0.39, 0.29) is 5.41 Å². The van der Waals surface area contributed by atoms with E-state index in [4.69, 9.17) is 0 Å². The second-order valence-electron chi connectivity index (χ2n) is 5.07. The molecule has 0 aromatic rings. The molecule has 0 spiro atoms. The monoisotopic (exact) mass is 206 g/mol. The van der Waals surface area contributed by atoms with Gasteiger partial charge in [0.1, 0.15) is 0 Å². The van der Waals surface area contributed by atoms with Crippen LogP contribution in [0.4, 0.5) is 0 Å². The highest BCUT2D eigenvalue weighted by Crippen LogP contribution is 2.33. The molecule has 0 heteroatoms. The zero-order valence-electron chi connectivity index (χ0n) is 11.2. The minimum absolute atomic E-state index is 0.202. The molecule has 0 saturated heterocycles. The summed E-state index contributed by atoms with van der Waals surface area (Å²) in [5.41, 5.74) is 1.53. The lowest BCUT2D eigenvalue weighted by atomic mass is 9.73. The van der Waals surface area contributed by atoms with Crippen LogP contribution in [0.15, 0.2) is 36.5 Å². The van der Waals surface area contributed by atoms with Gasteiger partial charge in [-0.3, -0.25) is 0 Å². The maximum absolute atomic E-state index is 3.91. The van der Waals surface area contributed by atoms with Crippen molar-refractivity contribution in [3.05, 3.63) is 36.5 Å². The summed E-state index contributed by atoms with van der Waals surface area (Å²) in [4.78, 5) is 0. The van der Waals surface area contributed by atoms with Crippen LogP contribution in [-0.2, 0) is 0 Å². The van der Waals surface area contributed by atoms with E-state index < -0.39 is 0 Å². The van der Waals surface area contributed by atoms with Gasteiger partial charge in [0.15, 0.2) is 0 Å². The van der Waals surface area contributed by atoms with Crippen LogP contribution in [0.5, 0.6) is 0 Å². The first kappa shape index (κ1) is 14.2. The molecule has 2 unspecified atom stereocenters. The smallest absolute Gasteiger partial charge is 0.0146 e. The highest BCUT2D eigenvalue weighted by molar-refractivity contribution is 5.16. The van der Waals surface area contributed by atoms with Gasteiger partial charge in [0, 0.05) is 0 Å². The first-order valence-corrected chi connectivity index (χ1v) is 5.79. The predicted molar refractivity (Wildman–Crippen MR) is 70.9 cm³/mol. The van der Waals surface area contributed by atoms with Crippen LogP contribution in [0, 0.1) is 17.3 Å². The molecule has 0 radical (unpaired) electrons. The molecule has 2 atom stereocenters. The van der Waals surface area contributed by atoms with Crippen molar-refractivity contribution < 1.29 is 0 Å². The van der Waals surface area contributed by atoms with Crippen LogP contribution in [0.3, 0.4) is 0 Å². The van der Waals surface area contributed by atoms with Crippen molar-refractivity contribution in [2.24, 2.45) is 17.3 Å². The van der Waals surface area contributed by atoms with E-state index in [2.05, 4.69) is 72.4 Å². The van der Waals surface area contributed by atoms with Gasteiger partial charge in [0.05, 0.1) is 0 Å². The molecule has 0 rings (SSSR count). The highest BCUT2D eigenvalue weighted by atomic mass is 14.3. The fourth-order valence-electron chi connectivity index (χ4n) is 1.43. The number of allylic oxidation sites excluding steroid dienone is 5. The van der Waals surface area contributed by atoms with E-state index in [1.807, 2.05) is 0 Å². The SMILES string of the molecule is C=CC(C)(C)C(C)C(C)/C=C\C(C)=C/C. The third-order valence-corrected chi connectivity index (χ3v) is 3.61. The molecule has 0 bridgehead atoms. The predicted octanol–water partition coefficient (Wildman–Crippen LogP) is 4.99. The van der Waals surface area contributed by atoms with Gasteiger partial charge in [-0.1, -0.05) is 57.6 Å². The van der Waals surface area contributed by atoms with Crippen LogP contribution < -0.4 is 0 Å². The zero-order valence-corrected chi connectivity index (χ0v) is 11.2. The van der Waals surface area contributed by atoms with E-state index in [9.17, 15) is 0 Å². The summed E-state index contributed by atoms with van der Waals surface area (Å²) < 4.78 is 0. The normalized spacial score (nSPS) is 17.9. The molecule has 0 N–H and O–H groups in total. The molecule has 0 nitrogen and oxygen atoms in total. The van der Waals surface area contributed by atoms with Crippen LogP contribution >= 0.6 is 0 Å². The van der Waals surface area contributed by atoms with Gasteiger partial charge in [0.2, 0.25) is 0 Å². The van der Waals surface area contributed by atoms with Crippen molar-refractivity contribution in [1.82, 2.24) is 0 Å². The summed E-state index contributed by atoms with van der Waals surface area (Å²) in [7, 11) is 0. The molecule has 86 valence electrons. The molecule has 15 heavy (non-hydrogen) atoms. The molecule has 0 amide bonds. The van der Waals surface area contributed by atoms with Crippen molar-refractivity contribution >= 4 is 0 Å². The van der Waals surface area contributed by atoms with Gasteiger partial charge in [-0.15, -0.1) is 6.58 Å². The first-order valence-electron chi connectivity index (χ1n) is 5.79. The Morgan fingerprint density at radius 1 is 1.27 bits per heavy atom. The average Bonchev–Trinajstić information content (AvgIpc) is 2.23. The van der Waals surface area contributed by atoms with E-state index in [1.54, 1.807) is 0 Å². The maximum Gasteiger partial charge on any atom is -0.0146 e. The van der Waals surface area contributed by atoms with Crippen LogP contribution in [0.25, 0.3) is 0 Å². The largest absolute Gasteiger partial charge is 0.103 e. The van der Waals surface area contributed by atoms with Crippen LogP contribution in [0.2, 0.25) is 0 Å². The number of hydrogen-bond acceptors (Lipinski definition) is 0. The first-order chi connectivity index (χ1) is 6.85. The summed E-state index contributed by atoms with van der Waals surface area (Å²) in [5, 5.41) is 0. The van der Waals surface area contributed by atoms with Gasteiger partial charge in [0.25, 0.3) is 0 Å². The fourth-order valence-corrected chi connectivity index (χ4v) is 1.43.